The van der Waals surface area contributed by atoms with E-state index in [1.165, 1.54) is 29.7 Å². The van der Waals surface area contributed by atoms with Crippen LogP contribution in [0.5, 0.6) is 0 Å². The summed E-state index contributed by atoms with van der Waals surface area (Å²) in [5.41, 5.74) is 2.94. The van der Waals surface area contributed by atoms with Crippen molar-refractivity contribution in [3.8, 4) is 0 Å². The number of aromatic nitrogens is 7. The van der Waals surface area contributed by atoms with Gasteiger partial charge in [0.05, 0.1) is 24.0 Å². The van der Waals surface area contributed by atoms with Crippen LogP contribution in [-0.2, 0) is 13.6 Å². The molecule has 0 spiro atoms. The highest BCUT2D eigenvalue weighted by atomic mass is 16.2. The molecule has 0 radical (unpaired) electrons. The first kappa shape index (κ1) is 27.1. The third-order valence-corrected chi connectivity index (χ3v) is 8.60. The molecule has 2 aliphatic rings. The van der Waals surface area contributed by atoms with E-state index in [9.17, 15) is 14.4 Å². The van der Waals surface area contributed by atoms with E-state index in [-0.39, 0.29) is 12.5 Å². The third kappa shape index (κ3) is 5.20. The molecule has 13 heteroatoms. The lowest BCUT2D eigenvalue weighted by Crippen LogP contribution is -2.44. The minimum absolute atomic E-state index is 0.106. The summed E-state index contributed by atoms with van der Waals surface area (Å²) in [5, 5.41) is 8.54. The highest BCUT2D eigenvalue weighted by Gasteiger charge is 2.33. The van der Waals surface area contributed by atoms with E-state index in [0.717, 1.165) is 43.0 Å². The molecule has 13 nitrogen and oxygen atoms in total. The average molecular weight is 583 g/mol. The minimum Gasteiger partial charge on any atom is -0.371 e. The number of nitrogens with one attached hydrogen (secondary N) is 2. The summed E-state index contributed by atoms with van der Waals surface area (Å²) in [6, 6.07) is 6.55. The number of nitrogens with zero attached hydrogens (tertiary/aromatic N) is 8. The summed E-state index contributed by atoms with van der Waals surface area (Å²) in [5.74, 6) is 0.0361. The smallest absolute Gasteiger partial charge is 0.328 e. The van der Waals surface area contributed by atoms with Gasteiger partial charge in [0.2, 0.25) is 0 Å². The van der Waals surface area contributed by atoms with Crippen LogP contribution in [0, 0.1) is 6.92 Å². The Morgan fingerprint density at radius 3 is 2.56 bits per heavy atom. The van der Waals surface area contributed by atoms with Gasteiger partial charge in [0.1, 0.15) is 11.2 Å². The topological polar surface area (TPSA) is 138 Å². The van der Waals surface area contributed by atoms with Crippen LogP contribution in [0.2, 0.25) is 0 Å². The number of amides is 1. The lowest BCUT2D eigenvalue weighted by Gasteiger charge is -2.38. The zero-order chi connectivity index (χ0) is 29.8. The number of H-pyrrole nitrogens is 1. The molecule has 5 heterocycles. The maximum atomic E-state index is 13.6. The first-order valence-electron chi connectivity index (χ1n) is 14.6. The number of piperidine rings is 1. The molecule has 2 fully saturated rings. The molecule has 1 aliphatic carbocycles. The van der Waals surface area contributed by atoms with Crippen LogP contribution < -0.4 is 21.5 Å². The Balaban J connectivity index is 1.14. The van der Waals surface area contributed by atoms with E-state index in [2.05, 4.69) is 42.2 Å². The zero-order valence-electron chi connectivity index (χ0n) is 24.4. The predicted molar refractivity (Wildman–Crippen MR) is 163 cm³/mol. The summed E-state index contributed by atoms with van der Waals surface area (Å²) in [4.78, 5) is 53.7. The van der Waals surface area contributed by atoms with Gasteiger partial charge in [0.15, 0.2) is 11.5 Å². The molecule has 43 heavy (non-hydrogen) atoms. The van der Waals surface area contributed by atoms with Crippen molar-refractivity contribution in [1.82, 2.24) is 38.6 Å². The third-order valence-electron chi connectivity index (χ3n) is 8.60. The molecule has 2 N–H and O–H groups in total. The van der Waals surface area contributed by atoms with Gasteiger partial charge < -0.3 is 19.5 Å². The van der Waals surface area contributed by atoms with Crippen molar-refractivity contribution in [3.05, 3.63) is 80.8 Å². The lowest BCUT2D eigenvalue weighted by molar-refractivity contribution is 0.102. The van der Waals surface area contributed by atoms with Crippen molar-refractivity contribution in [2.75, 3.05) is 30.4 Å². The fourth-order valence-electron chi connectivity index (χ4n) is 6.24. The molecule has 222 valence electrons. The fraction of sp³-hybridized carbons (Fsp3) is 0.400. The highest BCUT2D eigenvalue weighted by Crippen LogP contribution is 2.34. The Labute approximate surface area is 246 Å². The van der Waals surface area contributed by atoms with Crippen LogP contribution in [-0.4, -0.2) is 76.7 Å². The van der Waals surface area contributed by atoms with Gasteiger partial charge in [-0.25, -0.2) is 9.78 Å². The number of aryl methyl sites for hydroxylation is 2. The number of fused-ring (bicyclic) bond motifs is 2. The van der Waals surface area contributed by atoms with Gasteiger partial charge in [-0.3, -0.25) is 28.8 Å². The van der Waals surface area contributed by atoms with Crippen LogP contribution in [0.1, 0.15) is 47.4 Å². The normalized spacial score (nSPS) is 16.0. The SMILES string of the molecule is Cc1cn2cc(NC(=O)c3ccc(N4CCC(N(C)C5CC5)CC4)c4cn(C)nc34)nc2c(Cn2ccc(=O)[nH]c2=O)n1. The van der Waals surface area contributed by atoms with E-state index in [1.54, 1.807) is 21.5 Å². The summed E-state index contributed by atoms with van der Waals surface area (Å²) in [6.45, 7) is 3.89. The highest BCUT2D eigenvalue weighted by molar-refractivity contribution is 6.13. The predicted octanol–water partition coefficient (Wildman–Crippen LogP) is 2.14. The quantitative estimate of drug-likeness (QED) is 0.298. The molecule has 5 aromatic rings. The van der Waals surface area contributed by atoms with Gasteiger partial charge in [0.25, 0.3) is 11.5 Å². The van der Waals surface area contributed by atoms with Crippen molar-refractivity contribution in [1.29, 1.82) is 0 Å². The van der Waals surface area contributed by atoms with Gasteiger partial charge in [-0.15, -0.1) is 0 Å². The van der Waals surface area contributed by atoms with Crippen molar-refractivity contribution in [2.24, 2.45) is 7.05 Å². The minimum atomic E-state index is -0.535. The molecule has 0 bridgehead atoms. The number of aromatic amines is 1. The monoisotopic (exact) mass is 582 g/mol. The number of carbonyl (C=O) groups excluding carboxylic acids is 1. The van der Waals surface area contributed by atoms with Crippen molar-refractivity contribution in [3.63, 3.8) is 0 Å². The number of imidazole rings is 1. The van der Waals surface area contributed by atoms with Crippen molar-refractivity contribution < 1.29 is 4.79 Å². The Hall–Kier alpha value is -4.78. The van der Waals surface area contributed by atoms with Crippen LogP contribution in [0.15, 0.2) is 52.6 Å². The van der Waals surface area contributed by atoms with Gasteiger partial charge in [0, 0.05) is 68.0 Å². The number of hydrogen-bond acceptors (Lipinski definition) is 8. The molecule has 7 rings (SSSR count). The Bertz CT molecular complexity index is 1970. The summed E-state index contributed by atoms with van der Waals surface area (Å²) in [7, 11) is 4.13. The van der Waals surface area contributed by atoms with E-state index < -0.39 is 11.2 Å². The van der Waals surface area contributed by atoms with E-state index >= 15 is 0 Å². The molecule has 1 aliphatic heterocycles. The average Bonchev–Trinajstić information content (AvgIpc) is 3.64. The van der Waals surface area contributed by atoms with Crippen LogP contribution in [0.4, 0.5) is 11.5 Å². The summed E-state index contributed by atoms with van der Waals surface area (Å²) >= 11 is 0. The standard InChI is InChI=1S/C30H34N10O3/c1-18-14-40-17-25(32-28(40)23(31-18)16-39-13-10-26(41)34-30(39)43)33-29(42)21-6-7-24(22-15-36(2)35-27(21)22)38-11-8-20(9-12-38)37(3)19-4-5-19/h6-7,10,13-15,17,19-20H,4-5,8-9,11-12,16H2,1-3H3,(H,33,42)(H,34,41,43). The Morgan fingerprint density at radius 1 is 1.05 bits per heavy atom. The number of hydrogen-bond donors (Lipinski definition) is 2. The Kier molecular flexibility index (Phi) is 6.61. The second-order valence-electron chi connectivity index (χ2n) is 11.7. The number of anilines is 2. The fourth-order valence-corrected chi connectivity index (χ4v) is 6.24. The molecular weight excluding hydrogens is 548 g/mol. The second kappa shape index (κ2) is 10.5. The van der Waals surface area contributed by atoms with Crippen LogP contribution in [0.25, 0.3) is 16.6 Å². The zero-order valence-corrected chi connectivity index (χ0v) is 24.4. The number of carbonyl (C=O) groups is 1. The second-order valence-corrected chi connectivity index (χ2v) is 11.7. The summed E-state index contributed by atoms with van der Waals surface area (Å²) in [6.07, 6.45) is 11.8. The molecule has 0 atom stereocenters. The largest absolute Gasteiger partial charge is 0.371 e. The van der Waals surface area contributed by atoms with E-state index in [1.807, 2.05) is 32.3 Å². The molecule has 4 aromatic heterocycles. The lowest BCUT2D eigenvalue weighted by atomic mass is 10.0. The van der Waals surface area contributed by atoms with Crippen molar-refractivity contribution in [2.45, 2.75) is 51.2 Å². The maximum absolute atomic E-state index is 13.6. The van der Waals surface area contributed by atoms with Crippen LogP contribution in [0.3, 0.4) is 0 Å². The number of benzene rings is 1. The molecule has 0 unspecified atom stereocenters. The van der Waals surface area contributed by atoms with Gasteiger partial charge in [-0.2, -0.15) is 5.10 Å². The summed E-state index contributed by atoms with van der Waals surface area (Å²) < 4.78 is 4.88. The number of rotatable bonds is 7. The molecule has 1 saturated heterocycles. The molecule has 1 saturated carbocycles. The van der Waals surface area contributed by atoms with E-state index in [4.69, 9.17) is 0 Å². The molecular formula is C30H34N10O3. The van der Waals surface area contributed by atoms with Gasteiger partial charge in [-0.05, 0) is 51.8 Å². The van der Waals surface area contributed by atoms with Crippen LogP contribution >= 0.6 is 0 Å². The van der Waals surface area contributed by atoms with Gasteiger partial charge >= 0.3 is 5.69 Å². The van der Waals surface area contributed by atoms with Gasteiger partial charge in [-0.1, -0.05) is 0 Å². The van der Waals surface area contributed by atoms with Crippen molar-refractivity contribution >= 4 is 34.0 Å². The Morgan fingerprint density at radius 2 is 1.81 bits per heavy atom. The molecule has 1 amide bonds. The first-order chi connectivity index (χ1) is 20.7. The maximum Gasteiger partial charge on any atom is 0.328 e. The first-order valence-corrected chi connectivity index (χ1v) is 14.6. The molecule has 1 aromatic carbocycles. The van der Waals surface area contributed by atoms with E-state index in [0.29, 0.717) is 40.0 Å².